The molecule has 0 aromatic rings. The molecule has 11 heavy (non-hydrogen) atoms. The molecule has 1 N–H and O–H groups in total. The van der Waals surface area contributed by atoms with Crippen LogP contribution in [0.25, 0.3) is 0 Å². The van der Waals surface area contributed by atoms with E-state index in [0.717, 1.165) is 19.5 Å². The standard InChI is InChI=1S/C8H15NO2/c10-7-11-6-8-2-1-4-9-5-3-8/h7-9H,1-6H2. The Bertz CT molecular complexity index is 109. The van der Waals surface area contributed by atoms with Gasteiger partial charge in [-0.3, -0.25) is 4.79 Å². The molecule has 0 radical (unpaired) electrons. The molecule has 1 rings (SSSR count). The van der Waals surface area contributed by atoms with Crippen LogP contribution in [0.5, 0.6) is 0 Å². The van der Waals surface area contributed by atoms with Gasteiger partial charge in [-0.1, -0.05) is 0 Å². The van der Waals surface area contributed by atoms with Gasteiger partial charge in [-0.05, 0) is 38.3 Å². The molecule has 3 nitrogen and oxygen atoms in total. The molecule has 0 aromatic carbocycles. The van der Waals surface area contributed by atoms with Crippen LogP contribution in [0.4, 0.5) is 0 Å². The molecule has 0 spiro atoms. The average Bonchev–Trinajstić information content (AvgIpc) is 2.28. The van der Waals surface area contributed by atoms with Gasteiger partial charge in [0, 0.05) is 0 Å². The minimum absolute atomic E-state index is 0.540. The van der Waals surface area contributed by atoms with Crippen molar-refractivity contribution in [1.82, 2.24) is 5.32 Å². The Balaban J connectivity index is 2.14. The van der Waals surface area contributed by atoms with E-state index in [-0.39, 0.29) is 0 Å². The van der Waals surface area contributed by atoms with E-state index >= 15 is 0 Å². The van der Waals surface area contributed by atoms with E-state index in [1.165, 1.54) is 12.8 Å². The van der Waals surface area contributed by atoms with Crippen molar-refractivity contribution in [3.05, 3.63) is 0 Å². The summed E-state index contributed by atoms with van der Waals surface area (Å²) >= 11 is 0. The van der Waals surface area contributed by atoms with Crippen molar-refractivity contribution in [2.24, 2.45) is 5.92 Å². The topological polar surface area (TPSA) is 38.3 Å². The van der Waals surface area contributed by atoms with Gasteiger partial charge in [-0.15, -0.1) is 0 Å². The molecular weight excluding hydrogens is 142 g/mol. The lowest BCUT2D eigenvalue weighted by molar-refractivity contribution is -0.130. The molecule has 64 valence electrons. The SMILES string of the molecule is O=COCC1CCCNCC1. The lowest BCUT2D eigenvalue weighted by Crippen LogP contribution is -2.15. The molecule has 0 saturated carbocycles. The van der Waals surface area contributed by atoms with E-state index in [2.05, 4.69) is 5.32 Å². The van der Waals surface area contributed by atoms with Gasteiger partial charge in [0.15, 0.2) is 0 Å². The van der Waals surface area contributed by atoms with Crippen molar-refractivity contribution in [2.45, 2.75) is 19.3 Å². The summed E-state index contributed by atoms with van der Waals surface area (Å²) in [5, 5.41) is 3.31. The summed E-state index contributed by atoms with van der Waals surface area (Å²) in [6.07, 6.45) is 3.52. The van der Waals surface area contributed by atoms with E-state index in [0.29, 0.717) is 19.0 Å². The Morgan fingerprint density at radius 1 is 1.45 bits per heavy atom. The summed E-state index contributed by atoms with van der Waals surface area (Å²) in [6.45, 7) is 3.31. The maximum absolute atomic E-state index is 9.90. The number of ether oxygens (including phenoxy) is 1. The summed E-state index contributed by atoms with van der Waals surface area (Å²) in [5.74, 6) is 0.579. The maximum Gasteiger partial charge on any atom is 0.293 e. The summed E-state index contributed by atoms with van der Waals surface area (Å²) in [6, 6.07) is 0. The fourth-order valence-electron chi connectivity index (χ4n) is 1.43. The highest BCUT2D eigenvalue weighted by molar-refractivity contribution is 5.36. The first-order valence-corrected chi connectivity index (χ1v) is 4.19. The first kappa shape index (κ1) is 8.53. The first-order chi connectivity index (χ1) is 5.43. The Morgan fingerprint density at radius 3 is 3.18 bits per heavy atom. The molecule has 1 fully saturated rings. The minimum atomic E-state index is 0.540. The molecule has 1 atom stereocenters. The van der Waals surface area contributed by atoms with Gasteiger partial charge in [-0.25, -0.2) is 0 Å². The van der Waals surface area contributed by atoms with Crippen LogP contribution in [0.2, 0.25) is 0 Å². The van der Waals surface area contributed by atoms with Crippen LogP contribution in [0.1, 0.15) is 19.3 Å². The summed E-state index contributed by atoms with van der Waals surface area (Å²) < 4.78 is 4.72. The Hall–Kier alpha value is -0.570. The lowest BCUT2D eigenvalue weighted by Gasteiger charge is -2.10. The zero-order valence-corrected chi connectivity index (χ0v) is 6.71. The second kappa shape index (κ2) is 5.13. The van der Waals surface area contributed by atoms with Gasteiger partial charge in [0.2, 0.25) is 0 Å². The molecule has 1 heterocycles. The molecule has 0 amide bonds. The zero-order valence-electron chi connectivity index (χ0n) is 6.71. The van der Waals surface area contributed by atoms with Crippen LogP contribution < -0.4 is 5.32 Å². The van der Waals surface area contributed by atoms with Crippen LogP contribution in [0, 0.1) is 5.92 Å². The number of hydrogen-bond acceptors (Lipinski definition) is 3. The van der Waals surface area contributed by atoms with Crippen LogP contribution in [-0.2, 0) is 9.53 Å². The monoisotopic (exact) mass is 157 g/mol. The van der Waals surface area contributed by atoms with Crippen molar-refractivity contribution in [3.63, 3.8) is 0 Å². The van der Waals surface area contributed by atoms with E-state index < -0.39 is 0 Å². The lowest BCUT2D eigenvalue weighted by atomic mass is 10.0. The van der Waals surface area contributed by atoms with Crippen LogP contribution in [-0.4, -0.2) is 26.2 Å². The molecule has 0 aromatic heterocycles. The van der Waals surface area contributed by atoms with Crippen molar-refractivity contribution in [2.75, 3.05) is 19.7 Å². The van der Waals surface area contributed by atoms with Crippen LogP contribution >= 0.6 is 0 Å². The average molecular weight is 157 g/mol. The van der Waals surface area contributed by atoms with Crippen molar-refractivity contribution in [3.8, 4) is 0 Å². The molecule has 3 heteroatoms. The fourth-order valence-corrected chi connectivity index (χ4v) is 1.43. The highest BCUT2D eigenvalue weighted by Gasteiger charge is 2.11. The molecular formula is C8H15NO2. The third-order valence-corrected chi connectivity index (χ3v) is 2.10. The van der Waals surface area contributed by atoms with E-state index in [9.17, 15) is 4.79 Å². The van der Waals surface area contributed by atoms with Gasteiger partial charge < -0.3 is 10.1 Å². The Labute approximate surface area is 67.1 Å². The Morgan fingerprint density at radius 2 is 2.36 bits per heavy atom. The maximum atomic E-state index is 9.90. The molecule has 0 bridgehead atoms. The van der Waals surface area contributed by atoms with Gasteiger partial charge >= 0.3 is 0 Å². The summed E-state index contributed by atoms with van der Waals surface area (Å²) in [4.78, 5) is 9.90. The fraction of sp³-hybridized carbons (Fsp3) is 0.875. The van der Waals surface area contributed by atoms with Gasteiger partial charge in [-0.2, -0.15) is 0 Å². The summed E-state index contributed by atoms with van der Waals surface area (Å²) in [5.41, 5.74) is 0. The first-order valence-electron chi connectivity index (χ1n) is 4.19. The van der Waals surface area contributed by atoms with E-state index in [4.69, 9.17) is 4.74 Å². The summed E-state index contributed by atoms with van der Waals surface area (Å²) in [7, 11) is 0. The molecule has 0 aliphatic carbocycles. The second-order valence-electron chi connectivity index (χ2n) is 2.98. The molecule has 1 aliphatic rings. The van der Waals surface area contributed by atoms with Crippen LogP contribution in [0.15, 0.2) is 0 Å². The van der Waals surface area contributed by atoms with E-state index in [1.54, 1.807) is 0 Å². The highest BCUT2D eigenvalue weighted by atomic mass is 16.5. The van der Waals surface area contributed by atoms with Gasteiger partial charge in [0.25, 0.3) is 6.47 Å². The molecule has 1 unspecified atom stereocenters. The number of hydrogen-bond donors (Lipinski definition) is 1. The number of rotatable bonds is 3. The van der Waals surface area contributed by atoms with Gasteiger partial charge in [0.05, 0.1) is 6.61 Å². The normalized spacial score (nSPS) is 25.6. The number of carbonyl (C=O) groups is 1. The number of nitrogens with one attached hydrogen (secondary N) is 1. The highest BCUT2D eigenvalue weighted by Crippen LogP contribution is 2.12. The van der Waals surface area contributed by atoms with Crippen molar-refractivity contribution < 1.29 is 9.53 Å². The Kier molecular flexibility index (Phi) is 3.98. The largest absolute Gasteiger partial charge is 0.468 e. The third kappa shape index (κ3) is 3.37. The number of carbonyl (C=O) groups excluding carboxylic acids is 1. The van der Waals surface area contributed by atoms with Crippen LogP contribution in [0.3, 0.4) is 0 Å². The minimum Gasteiger partial charge on any atom is -0.468 e. The molecule has 1 aliphatic heterocycles. The van der Waals surface area contributed by atoms with Crippen molar-refractivity contribution in [1.29, 1.82) is 0 Å². The quantitative estimate of drug-likeness (QED) is 0.608. The van der Waals surface area contributed by atoms with E-state index in [1.807, 2.05) is 0 Å². The smallest absolute Gasteiger partial charge is 0.293 e. The molecule has 1 saturated heterocycles. The second-order valence-corrected chi connectivity index (χ2v) is 2.98. The predicted octanol–water partition coefficient (Wildman–Crippen LogP) is 0.549. The third-order valence-electron chi connectivity index (χ3n) is 2.10. The predicted molar refractivity (Wildman–Crippen MR) is 42.2 cm³/mol. The zero-order chi connectivity index (χ0) is 7.94. The van der Waals surface area contributed by atoms with Crippen molar-refractivity contribution >= 4 is 6.47 Å². The van der Waals surface area contributed by atoms with Gasteiger partial charge in [0.1, 0.15) is 0 Å².